The molecule has 2 atom stereocenters. The topological polar surface area (TPSA) is 38.3 Å². The quantitative estimate of drug-likeness (QED) is 0.871. The third-order valence-electron chi connectivity index (χ3n) is 4.01. The molecule has 1 saturated heterocycles. The molecular weight excluding hydrogens is 250 g/mol. The van der Waals surface area contributed by atoms with Crippen LogP contribution in [0.2, 0.25) is 0 Å². The van der Waals surface area contributed by atoms with E-state index in [-0.39, 0.29) is 17.8 Å². The Morgan fingerprint density at radius 1 is 1.20 bits per heavy atom. The first-order valence-corrected chi connectivity index (χ1v) is 7.15. The Morgan fingerprint density at radius 2 is 2.00 bits per heavy atom. The summed E-state index contributed by atoms with van der Waals surface area (Å²) < 4.78 is 5.19. The van der Waals surface area contributed by atoms with Gasteiger partial charge in [0.25, 0.3) is 0 Å². The number of hydrogen-bond acceptors (Lipinski definition) is 3. The monoisotopic (exact) mass is 269 g/mol. The van der Waals surface area contributed by atoms with Gasteiger partial charge >= 0.3 is 5.97 Å². The lowest BCUT2D eigenvalue weighted by atomic mass is 9.88. The number of carbonyl (C=O) groups is 1. The van der Waals surface area contributed by atoms with Crippen LogP contribution in [0.3, 0.4) is 0 Å². The maximum absolute atomic E-state index is 12.0. The summed E-state index contributed by atoms with van der Waals surface area (Å²) in [5, 5.41) is 5.76. The number of nitrogens with one attached hydrogen (secondary N) is 1. The maximum atomic E-state index is 12.0. The van der Waals surface area contributed by atoms with Crippen molar-refractivity contribution in [2.45, 2.75) is 12.8 Å². The minimum absolute atomic E-state index is 0.0730. The molecule has 1 N–H and O–H groups in total. The third kappa shape index (κ3) is 2.41. The zero-order chi connectivity index (χ0) is 13.9. The fourth-order valence-corrected chi connectivity index (χ4v) is 2.96. The first kappa shape index (κ1) is 13.1. The van der Waals surface area contributed by atoms with Crippen molar-refractivity contribution in [1.29, 1.82) is 0 Å². The summed E-state index contributed by atoms with van der Waals surface area (Å²) in [5.41, 5.74) is 1.21. The number of esters is 1. The predicted octanol–water partition coefficient (Wildman–Crippen LogP) is 2.71. The summed E-state index contributed by atoms with van der Waals surface area (Å²) in [6.07, 6.45) is 0. The van der Waals surface area contributed by atoms with Crippen LogP contribution in [-0.2, 0) is 9.53 Å². The first-order valence-electron chi connectivity index (χ1n) is 7.15. The Bertz CT molecular complexity index is 623. The van der Waals surface area contributed by atoms with Crippen LogP contribution in [-0.4, -0.2) is 25.7 Å². The lowest BCUT2D eigenvalue weighted by Gasteiger charge is -2.18. The molecule has 3 heteroatoms. The summed E-state index contributed by atoms with van der Waals surface area (Å²) in [4.78, 5) is 12.0. The molecule has 1 aliphatic heterocycles. The second kappa shape index (κ2) is 5.63. The van der Waals surface area contributed by atoms with Gasteiger partial charge in [-0.3, -0.25) is 4.79 Å². The Hall–Kier alpha value is -1.87. The molecule has 0 amide bonds. The number of hydrogen-bond donors (Lipinski definition) is 1. The SMILES string of the molecule is CCOC(=O)C1CNCC1c1ccc2ccccc2c1. The highest BCUT2D eigenvalue weighted by molar-refractivity contribution is 5.83. The molecule has 0 spiro atoms. The minimum Gasteiger partial charge on any atom is -0.466 e. The third-order valence-corrected chi connectivity index (χ3v) is 4.01. The Labute approximate surface area is 118 Å². The second-order valence-corrected chi connectivity index (χ2v) is 5.23. The summed E-state index contributed by atoms with van der Waals surface area (Å²) in [5.74, 6) is 0.0467. The molecule has 3 rings (SSSR count). The first-order chi connectivity index (χ1) is 9.79. The van der Waals surface area contributed by atoms with Gasteiger partial charge in [-0.15, -0.1) is 0 Å². The van der Waals surface area contributed by atoms with Crippen molar-refractivity contribution in [2.75, 3.05) is 19.7 Å². The van der Waals surface area contributed by atoms with Crippen LogP contribution in [0.5, 0.6) is 0 Å². The van der Waals surface area contributed by atoms with E-state index < -0.39 is 0 Å². The van der Waals surface area contributed by atoms with Crippen LogP contribution in [0.1, 0.15) is 18.4 Å². The lowest BCUT2D eigenvalue weighted by Crippen LogP contribution is -2.24. The predicted molar refractivity (Wildman–Crippen MR) is 79.7 cm³/mol. The van der Waals surface area contributed by atoms with E-state index in [9.17, 15) is 4.79 Å². The van der Waals surface area contributed by atoms with Gasteiger partial charge in [0.15, 0.2) is 0 Å². The molecule has 0 bridgehead atoms. The van der Waals surface area contributed by atoms with Gasteiger partial charge in [-0.05, 0) is 23.3 Å². The minimum atomic E-state index is -0.0874. The average molecular weight is 269 g/mol. The van der Waals surface area contributed by atoms with Gasteiger partial charge in [0.2, 0.25) is 0 Å². The van der Waals surface area contributed by atoms with Crippen LogP contribution < -0.4 is 5.32 Å². The highest BCUT2D eigenvalue weighted by Crippen LogP contribution is 2.31. The van der Waals surface area contributed by atoms with E-state index in [0.29, 0.717) is 13.2 Å². The zero-order valence-electron chi connectivity index (χ0n) is 11.6. The van der Waals surface area contributed by atoms with Gasteiger partial charge in [0, 0.05) is 19.0 Å². The molecule has 0 saturated carbocycles. The van der Waals surface area contributed by atoms with Crippen LogP contribution in [0, 0.1) is 5.92 Å². The van der Waals surface area contributed by atoms with Gasteiger partial charge in [-0.1, -0.05) is 42.5 Å². The van der Waals surface area contributed by atoms with Gasteiger partial charge in [0.05, 0.1) is 12.5 Å². The van der Waals surface area contributed by atoms with Crippen LogP contribution in [0.4, 0.5) is 0 Å². The molecule has 1 fully saturated rings. The molecule has 0 aliphatic carbocycles. The van der Waals surface area contributed by atoms with E-state index >= 15 is 0 Å². The number of fused-ring (bicyclic) bond motifs is 1. The largest absolute Gasteiger partial charge is 0.466 e. The summed E-state index contributed by atoms with van der Waals surface area (Å²) >= 11 is 0. The Balaban J connectivity index is 1.91. The molecule has 1 heterocycles. The summed E-state index contributed by atoms with van der Waals surface area (Å²) in [6.45, 7) is 3.84. The lowest BCUT2D eigenvalue weighted by molar-refractivity contribution is -0.147. The summed E-state index contributed by atoms with van der Waals surface area (Å²) in [6, 6.07) is 14.8. The molecule has 2 aromatic rings. The molecule has 0 aromatic heterocycles. The van der Waals surface area contributed by atoms with Crippen LogP contribution in [0.25, 0.3) is 10.8 Å². The van der Waals surface area contributed by atoms with Gasteiger partial charge in [-0.25, -0.2) is 0 Å². The van der Waals surface area contributed by atoms with E-state index in [4.69, 9.17) is 4.74 Å². The smallest absolute Gasteiger partial charge is 0.310 e. The van der Waals surface area contributed by atoms with E-state index in [0.717, 1.165) is 6.54 Å². The highest BCUT2D eigenvalue weighted by Gasteiger charge is 2.34. The van der Waals surface area contributed by atoms with Crippen molar-refractivity contribution >= 4 is 16.7 Å². The van der Waals surface area contributed by atoms with Gasteiger partial charge in [0.1, 0.15) is 0 Å². The van der Waals surface area contributed by atoms with Gasteiger partial charge < -0.3 is 10.1 Å². The standard InChI is InChI=1S/C17H19NO2/c1-2-20-17(19)16-11-18-10-15(16)14-8-7-12-5-3-4-6-13(12)9-14/h3-9,15-16,18H,2,10-11H2,1H3. The van der Waals surface area contributed by atoms with Gasteiger partial charge in [-0.2, -0.15) is 0 Å². The molecule has 104 valence electrons. The van der Waals surface area contributed by atoms with Crippen LogP contribution >= 0.6 is 0 Å². The van der Waals surface area contributed by atoms with Crippen molar-refractivity contribution in [3.05, 3.63) is 48.0 Å². The number of carbonyl (C=O) groups excluding carboxylic acids is 1. The Morgan fingerprint density at radius 3 is 2.80 bits per heavy atom. The normalized spacial score (nSPS) is 22.1. The second-order valence-electron chi connectivity index (χ2n) is 5.23. The number of benzene rings is 2. The van der Waals surface area contributed by atoms with Crippen LogP contribution in [0.15, 0.2) is 42.5 Å². The van der Waals surface area contributed by atoms with E-state index in [1.54, 1.807) is 0 Å². The molecule has 0 radical (unpaired) electrons. The molecule has 1 aliphatic rings. The molecule has 2 aromatic carbocycles. The Kier molecular flexibility index (Phi) is 3.70. The van der Waals surface area contributed by atoms with E-state index in [1.807, 2.05) is 19.1 Å². The number of ether oxygens (including phenoxy) is 1. The molecular formula is C17H19NO2. The molecule has 2 unspecified atom stereocenters. The molecule has 3 nitrogen and oxygen atoms in total. The average Bonchev–Trinajstić information content (AvgIpc) is 2.96. The van der Waals surface area contributed by atoms with E-state index in [1.165, 1.54) is 16.3 Å². The maximum Gasteiger partial charge on any atom is 0.310 e. The van der Waals surface area contributed by atoms with Crippen molar-refractivity contribution in [2.24, 2.45) is 5.92 Å². The van der Waals surface area contributed by atoms with Crippen molar-refractivity contribution in [3.63, 3.8) is 0 Å². The fourth-order valence-electron chi connectivity index (χ4n) is 2.96. The number of rotatable bonds is 3. The highest BCUT2D eigenvalue weighted by atomic mass is 16.5. The summed E-state index contributed by atoms with van der Waals surface area (Å²) in [7, 11) is 0. The fraction of sp³-hybridized carbons (Fsp3) is 0.353. The van der Waals surface area contributed by atoms with Crippen molar-refractivity contribution in [1.82, 2.24) is 5.32 Å². The van der Waals surface area contributed by atoms with Crippen molar-refractivity contribution in [3.8, 4) is 0 Å². The van der Waals surface area contributed by atoms with E-state index in [2.05, 4.69) is 35.6 Å². The zero-order valence-corrected chi connectivity index (χ0v) is 11.6. The van der Waals surface area contributed by atoms with Crippen molar-refractivity contribution < 1.29 is 9.53 Å². The molecule has 20 heavy (non-hydrogen) atoms.